The Morgan fingerprint density at radius 3 is 2.69 bits per heavy atom. The Bertz CT molecular complexity index is 337. The van der Waals surface area contributed by atoms with Crippen LogP contribution in [-0.2, 0) is 0 Å². The molecule has 72 valence electrons. The minimum Gasteiger partial charge on any atom is -0.493 e. The third kappa shape index (κ3) is 2.56. The van der Waals surface area contributed by atoms with Gasteiger partial charge in [0.05, 0.1) is 14.2 Å². The van der Waals surface area contributed by atoms with E-state index >= 15 is 0 Å². The lowest BCUT2D eigenvalue weighted by Gasteiger charge is -2.08. The third-order valence-corrected chi connectivity index (χ3v) is 2.27. The van der Waals surface area contributed by atoms with Gasteiger partial charge in [0.2, 0.25) is 0 Å². The maximum atomic E-state index is 7.45. The van der Waals surface area contributed by atoms with Crippen molar-refractivity contribution in [1.82, 2.24) is 0 Å². The first-order valence-corrected chi connectivity index (χ1v) is 4.69. The number of benzene rings is 1. The number of thioether (sulfide) groups is 1. The van der Waals surface area contributed by atoms with Crippen molar-refractivity contribution in [2.75, 3.05) is 19.9 Å². The molecule has 0 saturated heterocycles. The monoisotopic (exact) mass is 199 g/mol. The van der Waals surface area contributed by atoms with Crippen LogP contribution >= 0.6 is 11.8 Å². The maximum absolute atomic E-state index is 7.45. The molecule has 0 heterocycles. The van der Waals surface area contributed by atoms with Gasteiger partial charge in [0.15, 0.2) is 11.5 Å². The Balaban J connectivity index is 2.93. The molecule has 0 aliphatic rings. The summed E-state index contributed by atoms with van der Waals surface area (Å²) in [7, 11) is 3.14. The van der Waals surface area contributed by atoms with Crippen molar-refractivity contribution in [3.8, 4) is 11.5 Å². The molecule has 2 nitrogen and oxygen atoms in total. The highest BCUT2D eigenvalue weighted by molar-refractivity contribution is 7.99. The number of hydrogen-bond donors (Lipinski definition) is 0. The van der Waals surface area contributed by atoms with Gasteiger partial charge in [-0.1, -0.05) is 6.92 Å². The summed E-state index contributed by atoms with van der Waals surface area (Å²) < 4.78 is 25.1. The lowest BCUT2D eigenvalue weighted by molar-refractivity contribution is 0.354. The molecule has 0 unspecified atom stereocenters. The van der Waals surface area contributed by atoms with Gasteiger partial charge < -0.3 is 9.47 Å². The molecule has 1 rings (SSSR count). The fraction of sp³-hybridized carbons (Fsp3) is 0.400. The molecule has 1 aromatic rings. The highest BCUT2D eigenvalue weighted by Crippen LogP contribution is 2.31. The van der Waals surface area contributed by atoms with Crippen LogP contribution in [0.3, 0.4) is 0 Å². The Hall–Kier alpha value is -0.830. The topological polar surface area (TPSA) is 18.5 Å². The van der Waals surface area contributed by atoms with Gasteiger partial charge in [-0.3, -0.25) is 0 Å². The van der Waals surface area contributed by atoms with Gasteiger partial charge >= 0.3 is 0 Å². The van der Waals surface area contributed by atoms with E-state index in [4.69, 9.17) is 12.2 Å². The predicted octanol–water partition coefficient (Wildman–Crippen LogP) is 2.82. The van der Waals surface area contributed by atoms with Crippen LogP contribution in [0.1, 0.15) is 9.67 Å². The van der Waals surface area contributed by atoms with Crippen LogP contribution in [0.4, 0.5) is 0 Å². The van der Waals surface area contributed by atoms with E-state index in [1.54, 1.807) is 26.4 Å². The molecule has 0 saturated carbocycles. The van der Waals surface area contributed by atoms with E-state index in [2.05, 4.69) is 0 Å². The van der Waals surface area contributed by atoms with Crippen LogP contribution in [0.25, 0.3) is 0 Å². The number of hydrogen-bond acceptors (Lipinski definition) is 3. The Morgan fingerprint density at radius 1 is 1.46 bits per heavy atom. The molecule has 0 amide bonds. The molecule has 13 heavy (non-hydrogen) atoms. The molecule has 0 N–H and O–H groups in total. The van der Waals surface area contributed by atoms with E-state index < -0.39 is 5.70 Å². The van der Waals surface area contributed by atoms with Crippen LogP contribution in [0.2, 0.25) is 0 Å². The highest BCUT2D eigenvalue weighted by Gasteiger charge is 2.03. The first-order chi connectivity index (χ1) is 6.96. The molecule has 0 fully saturated rings. The van der Waals surface area contributed by atoms with Gasteiger partial charge in [-0.15, -0.1) is 11.8 Å². The summed E-state index contributed by atoms with van der Waals surface area (Å²) in [5.41, 5.74) is -1.29. The summed E-state index contributed by atoms with van der Waals surface area (Å²) in [4.78, 5) is 0.820. The molecule has 1 atom stereocenters. The summed E-state index contributed by atoms with van der Waals surface area (Å²) in [5, 5.41) is 0. The van der Waals surface area contributed by atoms with Gasteiger partial charge in [0.1, 0.15) is 0 Å². The Kier molecular flexibility index (Phi) is 2.92. The van der Waals surface area contributed by atoms with E-state index in [0.717, 1.165) is 16.7 Å². The zero-order chi connectivity index (χ0) is 11.5. The first kappa shape index (κ1) is 7.56. The van der Waals surface area contributed by atoms with Crippen molar-refractivity contribution in [2.24, 2.45) is 0 Å². The van der Waals surface area contributed by atoms with E-state index in [1.807, 2.05) is 6.07 Å². The number of ether oxygens (including phenoxy) is 2. The minimum absolute atomic E-state index is 0.617. The maximum Gasteiger partial charge on any atom is 0.161 e. The fourth-order valence-electron chi connectivity index (χ4n) is 0.998. The molecule has 3 heteroatoms. The smallest absolute Gasteiger partial charge is 0.161 e. The second kappa shape index (κ2) is 5.02. The van der Waals surface area contributed by atoms with E-state index in [1.165, 1.54) is 6.92 Å². The molecule has 0 aromatic heterocycles. The largest absolute Gasteiger partial charge is 0.493 e. The Morgan fingerprint density at radius 2 is 2.15 bits per heavy atom. The van der Waals surface area contributed by atoms with Crippen molar-refractivity contribution >= 4 is 11.8 Å². The third-order valence-electron chi connectivity index (χ3n) is 1.57. The second-order valence-electron chi connectivity index (χ2n) is 2.32. The van der Waals surface area contributed by atoms with E-state index in [0.29, 0.717) is 11.5 Å². The van der Waals surface area contributed by atoms with Crippen LogP contribution in [0.15, 0.2) is 23.1 Å². The van der Waals surface area contributed by atoms with Gasteiger partial charge in [0, 0.05) is 7.64 Å². The summed E-state index contributed by atoms with van der Waals surface area (Å²) >= 11 is 1.15. The summed E-state index contributed by atoms with van der Waals surface area (Å²) in [6.45, 7) is 1.52. The van der Waals surface area contributed by atoms with E-state index in [9.17, 15) is 0 Å². The van der Waals surface area contributed by atoms with Crippen LogP contribution in [0.5, 0.6) is 11.5 Å². The van der Waals surface area contributed by atoms with Crippen molar-refractivity contribution in [3.63, 3.8) is 0 Å². The zero-order valence-electron chi connectivity index (χ0n) is 9.96. The predicted molar refractivity (Wildman–Crippen MR) is 55.9 cm³/mol. The summed E-state index contributed by atoms with van der Waals surface area (Å²) in [5.74, 6) is 1.27. The second-order valence-corrected chi connectivity index (χ2v) is 3.41. The molecular weight excluding hydrogens is 184 g/mol. The van der Waals surface area contributed by atoms with Crippen LogP contribution in [-0.4, -0.2) is 19.9 Å². The van der Waals surface area contributed by atoms with Gasteiger partial charge in [-0.2, -0.15) is 0 Å². The standard InChI is InChI=1S/C10H14O2S/c1-4-13-8-5-6-9(11-2)10(7-8)12-3/h5-7H,4H2,1-3H3/i4DH/t4-/m0/s1. The molecular formula is C10H14O2S. The quantitative estimate of drug-likeness (QED) is 0.695. The lowest BCUT2D eigenvalue weighted by Crippen LogP contribution is -1.90. The van der Waals surface area contributed by atoms with Crippen molar-refractivity contribution in [3.05, 3.63) is 18.2 Å². The number of methoxy groups -OCH3 is 2. The zero-order valence-corrected chi connectivity index (χ0v) is 8.77. The SMILES string of the molecule is [1H][C@]([2H])(C)Sc1ccc(OC)c(OC)c1. The molecule has 0 radical (unpaired) electrons. The van der Waals surface area contributed by atoms with E-state index in [-0.39, 0.29) is 0 Å². The average molecular weight is 199 g/mol. The van der Waals surface area contributed by atoms with Crippen LogP contribution < -0.4 is 9.47 Å². The fourth-order valence-corrected chi connectivity index (χ4v) is 1.54. The normalized spacial score (nSPS) is 16.8. The lowest BCUT2D eigenvalue weighted by atomic mass is 10.3. The van der Waals surface area contributed by atoms with Gasteiger partial charge in [0.25, 0.3) is 0 Å². The summed E-state index contributed by atoms with van der Waals surface area (Å²) in [6.07, 6.45) is 0. The van der Waals surface area contributed by atoms with Crippen molar-refractivity contribution in [1.29, 1.82) is 0 Å². The average Bonchev–Trinajstić information content (AvgIpc) is 2.15. The highest BCUT2D eigenvalue weighted by atomic mass is 32.2. The molecule has 0 aliphatic carbocycles. The minimum atomic E-state index is -1.29. The Labute approximate surface area is 86.1 Å². The summed E-state index contributed by atoms with van der Waals surface area (Å²) in [6, 6.07) is 5.35. The molecule has 0 aliphatic heterocycles. The first-order valence-electron chi connectivity index (χ1n) is 4.87. The van der Waals surface area contributed by atoms with Crippen molar-refractivity contribution < 1.29 is 12.2 Å². The van der Waals surface area contributed by atoms with Gasteiger partial charge in [-0.05, 0) is 23.9 Å². The molecule has 1 aromatic carbocycles. The molecule has 0 bridgehead atoms. The number of rotatable bonds is 4. The molecule has 0 spiro atoms. The van der Waals surface area contributed by atoms with Crippen LogP contribution in [0, 0.1) is 0 Å². The van der Waals surface area contributed by atoms with Crippen molar-refractivity contribution in [2.45, 2.75) is 11.8 Å². The van der Waals surface area contributed by atoms with Gasteiger partial charge in [-0.25, -0.2) is 0 Å².